The van der Waals surface area contributed by atoms with E-state index in [1.54, 1.807) is 7.11 Å². The fraction of sp³-hybridized carbons (Fsp3) is 0.538. The third-order valence-electron chi connectivity index (χ3n) is 2.81. The van der Waals surface area contributed by atoms with E-state index in [0.717, 1.165) is 23.9 Å². The minimum atomic E-state index is 0.350. The molecule has 0 fully saturated rings. The summed E-state index contributed by atoms with van der Waals surface area (Å²) >= 11 is 0. The topological polar surface area (TPSA) is 56.9 Å². The van der Waals surface area contributed by atoms with Crippen molar-refractivity contribution in [3.05, 3.63) is 24.3 Å². The first-order chi connectivity index (χ1) is 9.11. The van der Waals surface area contributed by atoms with Gasteiger partial charge in [-0.05, 0) is 20.8 Å². The van der Waals surface area contributed by atoms with Gasteiger partial charge in [0.05, 0.1) is 24.2 Å². The van der Waals surface area contributed by atoms with Gasteiger partial charge >= 0.3 is 0 Å². The number of anilines is 1. The maximum absolute atomic E-state index is 5.04. The van der Waals surface area contributed by atoms with E-state index in [2.05, 4.69) is 29.2 Å². The highest BCUT2D eigenvalue weighted by Crippen LogP contribution is 2.17. The highest BCUT2D eigenvalue weighted by atomic mass is 16.5. The molecule has 0 aromatic carbocycles. The fourth-order valence-electron chi connectivity index (χ4n) is 1.82. The summed E-state index contributed by atoms with van der Waals surface area (Å²) in [5, 5.41) is 7.62. The van der Waals surface area contributed by atoms with Gasteiger partial charge in [-0.3, -0.25) is 9.25 Å². The van der Waals surface area contributed by atoms with E-state index in [0.29, 0.717) is 12.6 Å². The first kappa shape index (κ1) is 13.6. The summed E-state index contributed by atoms with van der Waals surface area (Å²) in [5.41, 5.74) is 1.98. The molecule has 0 amide bonds. The third-order valence-corrected chi connectivity index (χ3v) is 2.81. The zero-order valence-electron chi connectivity index (χ0n) is 11.9. The summed E-state index contributed by atoms with van der Waals surface area (Å²) in [7, 11) is 1.69. The van der Waals surface area contributed by atoms with Crippen LogP contribution in [0.5, 0.6) is 0 Å². The van der Waals surface area contributed by atoms with Crippen LogP contribution in [-0.4, -0.2) is 39.6 Å². The van der Waals surface area contributed by atoms with Gasteiger partial charge in [0.25, 0.3) is 0 Å². The number of rotatable bonds is 6. The monoisotopic (exact) mass is 263 g/mol. The van der Waals surface area contributed by atoms with Crippen LogP contribution < -0.4 is 5.32 Å². The van der Waals surface area contributed by atoms with E-state index in [1.165, 1.54) is 0 Å². The lowest BCUT2D eigenvalue weighted by Gasteiger charge is -2.07. The van der Waals surface area contributed by atoms with Crippen LogP contribution in [0.25, 0.3) is 5.69 Å². The van der Waals surface area contributed by atoms with Crippen LogP contribution in [0.3, 0.4) is 0 Å². The molecule has 0 atom stereocenters. The Kier molecular flexibility index (Phi) is 4.21. The quantitative estimate of drug-likeness (QED) is 0.810. The number of nitrogens with one attached hydrogen (secondary N) is 1. The number of ether oxygens (including phenoxy) is 1. The van der Waals surface area contributed by atoms with E-state index in [4.69, 9.17) is 4.74 Å². The van der Waals surface area contributed by atoms with Crippen LogP contribution in [0.2, 0.25) is 0 Å². The number of aromatic nitrogens is 4. The van der Waals surface area contributed by atoms with Gasteiger partial charge in [0.1, 0.15) is 0 Å². The smallest absolute Gasteiger partial charge is 0.207 e. The molecule has 6 heteroatoms. The Hall–Kier alpha value is -1.82. The van der Waals surface area contributed by atoms with Gasteiger partial charge in [-0.1, -0.05) is 0 Å². The predicted octanol–water partition coefficient (Wildman–Crippen LogP) is 2.02. The summed E-state index contributed by atoms with van der Waals surface area (Å²) in [6.07, 6.45) is 5.87. The molecule has 19 heavy (non-hydrogen) atoms. The molecule has 0 aliphatic rings. The molecule has 0 saturated carbocycles. The van der Waals surface area contributed by atoms with E-state index in [-0.39, 0.29) is 0 Å². The zero-order chi connectivity index (χ0) is 13.8. The van der Waals surface area contributed by atoms with E-state index in [9.17, 15) is 0 Å². The maximum Gasteiger partial charge on any atom is 0.207 e. The Morgan fingerprint density at radius 1 is 1.37 bits per heavy atom. The van der Waals surface area contributed by atoms with Crippen LogP contribution in [0.1, 0.15) is 25.6 Å². The number of nitrogens with zero attached hydrogens (tertiary/aromatic N) is 4. The summed E-state index contributed by atoms with van der Waals surface area (Å²) in [6, 6.07) is 0.350. The van der Waals surface area contributed by atoms with Crippen molar-refractivity contribution in [3.8, 4) is 5.69 Å². The normalized spacial score (nSPS) is 11.2. The molecule has 104 valence electrons. The first-order valence-corrected chi connectivity index (χ1v) is 6.45. The van der Waals surface area contributed by atoms with Gasteiger partial charge in [-0.2, -0.15) is 5.10 Å². The molecular formula is C13H21N5O. The molecule has 2 heterocycles. The van der Waals surface area contributed by atoms with Crippen molar-refractivity contribution in [3.63, 3.8) is 0 Å². The second kappa shape index (κ2) is 5.88. The first-order valence-electron chi connectivity index (χ1n) is 6.45. The molecule has 0 radical (unpaired) electrons. The summed E-state index contributed by atoms with van der Waals surface area (Å²) < 4.78 is 8.98. The number of hydrogen-bond donors (Lipinski definition) is 1. The van der Waals surface area contributed by atoms with Crippen LogP contribution in [0.15, 0.2) is 18.6 Å². The summed E-state index contributed by atoms with van der Waals surface area (Å²) in [6.45, 7) is 7.56. The van der Waals surface area contributed by atoms with Crippen LogP contribution in [0, 0.1) is 6.92 Å². The Balaban J connectivity index is 2.22. The van der Waals surface area contributed by atoms with Gasteiger partial charge < -0.3 is 10.1 Å². The third kappa shape index (κ3) is 3.14. The highest BCUT2D eigenvalue weighted by Gasteiger charge is 2.10. The van der Waals surface area contributed by atoms with Crippen LogP contribution in [-0.2, 0) is 4.74 Å². The number of aryl methyl sites for hydroxylation is 1. The molecule has 2 aromatic rings. The second-order valence-electron chi connectivity index (χ2n) is 4.77. The molecule has 0 aliphatic carbocycles. The number of imidazole rings is 1. The van der Waals surface area contributed by atoms with Gasteiger partial charge in [0, 0.05) is 32.1 Å². The van der Waals surface area contributed by atoms with Crippen molar-refractivity contribution in [2.75, 3.05) is 25.6 Å². The van der Waals surface area contributed by atoms with Crippen molar-refractivity contribution >= 4 is 5.95 Å². The van der Waals surface area contributed by atoms with Crippen molar-refractivity contribution in [2.45, 2.75) is 26.8 Å². The molecule has 0 saturated heterocycles. The molecule has 6 nitrogen and oxygen atoms in total. The maximum atomic E-state index is 5.04. The molecule has 0 unspecified atom stereocenters. The lowest BCUT2D eigenvalue weighted by atomic mass is 10.4. The predicted molar refractivity (Wildman–Crippen MR) is 74.8 cm³/mol. The largest absolute Gasteiger partial charge is 0.383 e. The lowest BCUT2D eigenvalue weighted by molar-refractivity contribution is 0.210. The van der Waals surface area contributed by atoms with Gasteiger partial charge in [0.15, 0.2) is 0 Å². The lowest BCUT2D eigenvalue weighted by Crippen LogP contribution is -2.11. The minimum Gasteiger partial charge on any atom is -0.383 e. The SMILES string of the molecule is COCCNc1nc(C)cn1-c1cnn(C(C)C)c1. The molecule has 0 bridgehead atoms. The van der Waals surface area contributed by atoms with E-state index >= 15 is 0 Å². The summed E-state index contributed by atoms with van der Waals surface area (Å²) in [4.78, 5) is 4.47. The molecule has 2 rings (SSSR count). The number of hydrogen-bond acceptors (Lipinski definition) is 4. The average molecular weight is 263 g/mol. The van der Waals surface area contributed by atoms with Gasteiger partial charge in [-0.15, -0.1) is 0 Å². The highest BCUT2D eigenvalue weighted by molar-refractivity contribution is 5.40. The van der Waals surface area contributed by atoms with Crippen molar-refractivity contribution in [2.24, 2.45) is 0 Å². The Morgan fingerprint density at radius 2 is 2.16 bits per heavy atom. The summed E-state index contributed by atoms with van der Waals surface area (Å²) in [5.74, 6) is 0.817. The fourth-order valence-corrected chi connectivity index (χ4v) is 1.82. The molecule has 1 N–H and O–H groups in total. The second-order valence-corrected chi connectivity index (χ2v) is 4.77. The van der Waals surface area contributed by atoms with Gasteiger partial charge in [0.2, 0.25) is 5.95 Å². The zero-order valence-corrected chi connectivity index (χ0v) is 11.9. The standard InChI is InChI=1S/C13H21N5O/c1-10(2)18-9-12(7-15-18)17-8-11(3)16-13(17)14-5-6-19-4/h7-10H,5-6H2,1-4H3,(H,14,16). The van der Waals surface area contributed by atoms with Crippen molar-refractivity contribution < 1.29 is 4.74 Å². The molecular weight excluding hydrogens is 242 g/mol. The Labute approximate surface area is 113 Å². The van der Waals surface area contributed by atoms with Crippen molar-refractivity contribution in [1.29, 1.82) is 0 Å². The van der Waals surface area contributed by atoms with Crippen LogP contribution in [0.4, 0.5) is 5.95 Å². The molecule has 0 spiro atoms. The Morgan fingerprint density at radius 3 is 2.79 bits per heavy atom. The molecule has 0 aliphatic heterocycles. The average Bonchev–Trinajstić information content (AvgIpc) is 2.96. The van der Waals surface area contributed by atoms with Crippen LogP contribution >= 0.6 is 0 Å². The Bertz CT molecular complexity index is 529. The number of methoxy groups -OCH3 is 1. The van der Waals surface area contributed by atoms with Gasteiger partial charge in [-0.25, -0.2) is 4.98 Å². The van der Waals surface area contributed by atoms with Crippen molar-refractivity contribution in [1.82, 2.24) is 19.3 Å². The van der Waals surface area contributed by atoms with E-state index < -0.39 is 0 Å². The minimum absolute atomic E-state index is 0.350. The molecule has 2 aromatic heterocycles. The van der Waals surface area contributed by atoms with E-state index in [1.807, 2.05) is 34.8 Å².